The summed E-state index contributed by atoms with van der Waals surface area (Å²) in [7, 11) is 0. The highest BCUT2D eigenvalue weighted by atomic mass is 35.5. The Bertz CT molecular complexity index is 1560. The van der Waals surface area contributed by atoms with Gasteiger partial charge in [-0.1, -0.05) is 17.7 Å². The van der Waals surface area contributed by atoms with Crippen molar-refractivity contribution in [2.24, 2.45) is 10.9 Å². The quantitative estimate of drug-likeness (QED) is 0.222. The molecule has 0 radical (unpaired) electrons. The lowest BCUT2D eigenvalue weighted by atomic mass is 9.78. The van der Waals surface area contributed by atoms with Crippen LogP contribution >= 0.6 is 22.9 Å². The van der Waals surface area contributed by atoms with E-state index in [4.69, 9.17) is 25.7 Å². The minimum atomic E-state index is -1.22. The standard InChI is InChI=1S/C29H29ClF2N4O5S/c1-4-40-27(37)19-22(14-5-7-15(8-6-14)25-34-18(13-41-25)29(2,3)28(38)39)35-24(26-33-11-12-42-26)36-23(19)16-9-10-17(31)21(32)20(16)30/h9-15,23H,4-8H2,1-3H3,(H,35,36)(H,38,39)/t14-,15-,23?. The fourth-order valence-corrected chi connectivity index (χ4v) is 6.09. The van der Waals surface area contributed by atoms with Crippen molar-refractivity contribution < 1.29 is 32.6 Å². The topological polar surface area (TPSA) is 127 Å². The molecule has 0 spiro atoms. The van der Waals surface area contributed by atoms with Gasteiger partial charge in [0.05, 0.1) is 22.9 Å². The minimum absolute atomic E-state index is 0.0432. The number of esters is 1. The van der Waals surface area contributed by atoms with Crippen molar-refractivity contribution in [2.45, 2.75) is 63.8 Å². The monoisotopic (exact) mass is 618 g/mol. The van der Waals surface area contributed by atoms with Gasteiger partial charge < -0.3 is 19.6 Å². The van der Waals surface area contributed by atoms with Crippen LogP contribution in [0.2, 0.25) is 5.02 Å². The van der Waals surface area contributed by atoms with Crippen LogP contribution in [0.3, 0.4) is 0 Å². The number of rotatable bonds is 8. The van der Waals surface area contributed by atoms with Crippen molar-refractivity contribution >= 4 is 40.7 Å². The summed E-state index contributed by atoms with van der Waals surface area (Å²) in [5.41, 5.74) is 0.0391. The molecule has 1 unspecified atom stereocenters. The zero-order valence-corrected chi connectivity index (χ0v) is 24.7. The second-order valence-corrected chi connectivity index (χ2v) is 12.0. The number of carboxylic acid groups (broad SMARTS) is 1. The van der Waals surface area contributed by atoms with Gasteiger partial charge in [0.15, 0.2) is 28.4 Å². The third-order valence-corrected chi connectivity index (χ3v) is 8.91. The number of thiazole rings is 1. The number of nitrogens with zero attached hydrogens (tertiary/aromatic N) is 3. The maximum atomic E-state index is 14.6. The second kappa shape index (κ2) is 11.9. The molecule has 2 aliphatic rings. The average molecular weight is 619 g/mol. The minimum Gasteiger partial charge on any atom is -0.481 e. The lowest BCUT2D eigenvalue weighted by Crippen LogP contribution is -2.38. The summed E-state index contributed by atoms with van der Waals surface area (Å²) in [4.78, 5) is 38.7. The molecule has 1 atom stereocenters. The number of carbonyl (C=O) groups excluding carboxylic acids is 1. The van der Waals surface area contributed by atoms with Gasteiger partial charge in [-0.05, 0) is 58.4 Å². The van der Waals surface area contributed by atoms with Crippen LogP contribution in [0.5, 0.6) is 0 Å². The molecule has 1 aliphatic heterocycles. The summed E-state index contributed by atoms with van der Waals surface area (Å²) >= 11 is 7.62. The summed E-state index contributed by atoms with van der Waals surface area (Å²) in [5.74, 6) is -3.30. The molecule has 9 nitrogen and oxygen atoms in total. The number of aromatic nitrogens is 2. The fraction of sp³-hybridized carbons (Fsp3) is 0.414. The molecule has 3 aromatic rings. The number of amidine groups is 1. The number of ether oxygens (including phenoxy) is 1. The van der Waals surface area contributed by atoms with E-state index in [0.717, 1.165) is 6.07 Å². The lowest BCUT2D eigenvalue weighted by Gasteiger charge is -2.34. The lowest BCUT2D eigenvalue weighted by molar-refractivity contribution is -0.142. The molecule has 13 heteroatoms. The van der Waals surface area contributed by atoms with Crippen molar-refractivity contribution in [1.82, 2.24) is 15.3 Å². The molecule has 2 N–H and O–H groups in total. The Morgan fingerprint density at radius 3 is 2.57 bits per heavy atom. The van der Waals surface area contributed by atoms with Gasteiger partial charge >= 0.3 is 11.9 Å². The average Bonchev–Trinajstić information content (AvgIpc) is 3.69. The van der Waals surface area contributed by atoms with Crippen molar-refractivity contribution in [3.8, 4) is 0 Å². The van der Waals surface area contributed by atoms with Gasteiger partial charge in [0.25, 0.3) is 0 Å². The number of hydrogen-bond donors (Lipinski definition) is 2. The second-order valence-electron chi connectivity index (χ2n) is 10.7. The molecule has 1 aliphatic carbocycles. The van der Waals surface area contributed by atoms with Crippen molar-refractivity contribution in [2.75, 3.05) is 6.61 Å². The molecule has 3 heterocycles. The number of allylic oxidation sites excluding steroid dienone is 1. The molecular formula is C29H29ClF2N4O5S. The van der Waals surface area contributed by atoms with E-state index in [1.807, 2.05) is 0 Å². The fourth-order valence-electron chi connectivity index (χ4n) is 5.25. The highest BCUT2D eigenvalue weighted by molar-refractivity contribution is 7.11. The molecule has 5 rings (SSSR count). The Morgan fingerprint density at radius 2 is 1.93 bits per heavy atom. The highest BCUT2D eigenvalue weighted by Crippen LogP contribution is 2.44. The first kappa shape index (κ1) is 29.8. The molecule has 222 valence electrons. The van der Waals surface area contributed by atoms with Crippen LogP contribution in [0.15, 0.2) is 50.7 Å². The van der Waals surface area contributed by atoms with Crippen LogP contribution in [0, 0.1) is 17.6 Å². The van der Waals surface area contributed by atoms with E-state index in [1.54, 1.807) is 32.3 Å². The maximum Gasteiger partial charge on any atom is 0.338 e. The predicted octanol–water partition coefficient (Wildman–Crippen LogP) is 6.31. The molecule has 0 saturated heterocycles. The molecule has 0 amide bonds. The number of benzene rings is 1. The first-order valence-corrected chi connectivity index (χ1v) is 14.8. The summed E-state index contributed by atoms with van der Waals surface area (Å²) in [6.07, 6.45) is 5.57. The molecule has 42 heavy (non-hydrogen) atoms. The summed E-state index contributed by atoms with van der Waals surface area (Å²) < 4.78 is 39.7. The van der Waals surface area contributed by atoms with E-state index in [9.17, 15) is 23.5 Å². The number of nitrogens with one attached hydrogen (secondary N) is 1. The number of hydrogen-bond acceptors (Lipinski definition) is 9. The van der Waals surface area contributed by atoms with Gasteiger partial charge in [0.2, 0.25) is 0 Å². The third-order valence-electron chi connectivity index (χ3n) is 7.75. The van der Waals surface area contributed by atoms with Gasteiger partial charge in [-0.3, -0.25) is 9.79 Å². The number of aliphatic carboxylic acids is 1. The van der Waals surface area contributed by atoms with Gasteiger partial charge in [0, 0.05) is 28.8 Å². The highest BCUT2D eigenvalue weighted by Gasteiger charge is 2.40. The van der Waals surface area contributed by atoms with Crippen LogP contribution in [-0.4, -0.2) is 39.5 Å². The SMILES string of the molecule is CCOC(=O)C1=C([C@H]2CC[C@H](c3nc(C(C)(C)C(=O)O)co3)CC2)NC(c2nccs2)=NC1c1ccc(F)c(F)c1Cl. The smallest absolute Gasteiger partial charge is 0.338 e. The van der Waals surface area contributed by atoms with E-state index in [-0.39, 0.29) is 29.6 Å². The zero-order chi connectivity index (χ0) is 30.2. The van der Waals surface area contributed by atoms with Crippen molar-refractivity contribution in [1.29, 1.82) is 0 Å². The van der Waals surface area contributed by atoms with E-state index < -0.39 is 40.1 Å². The summed E-state index contributed by atoms with van der Waals surface area (Å²) in [5, 5.41) is 14.7. The first-order chi connectivity index (χ1) is 20.0. The van der Waals surface area contributed by atoms with Crippen LogP contribution in [-0.2, 0) is 19.7 Å². The van der Waals surface area contributed by atoms with E-state index in [2.05, 4.69) is 15.3 Å². The largest absolute Gasteiger partial charge is 0.481 e. The van der Waals surface area contributed by atoms with E-state index in [1.165, 1.54) is 23.7 Å². The van der Waals surface area contributed by atoms with Gasteiger partial charge in [-0.2, -0.15) is 0 Å². The third kappa shape index (κ3) is 5.57. The van der Waals surface area contributed by atoms with Gasteiger partial charge in [-0.15, -0.1) is 11.3 Å². The van der Waals surface area contributed by atoms with Crippen LogP contribution in [0.25, 0.3) is 0 Å². The first-order valence-electron chi connectivity index (χ1n) is 13.5. The van der Waals surface area contributed by atoms with Crippen LogP contribution in [0.1, 0.15) is 80.6 Å². The molecule has 2 aromatic heterocycles. The van der Waals surface area contributed by atoms with E-state index in [0.29, 0.717) is 53.8 Å². The molecular weight excluding hydrogens is 590 g/mol. The van der Waals surface area contributed by atoms with Gasteiger partial charge in [0.1, 0.15) is 17.7 Å². The molecule has 1 fully saturated rings. The Hall–Kier alpha value is -3.64. The summed E-state index contributed by atoms with van der Waals surface area (Å²) in [6, 6.07) is 1.22. The predicted molar refractivity (Wildman–Crippen MR) is 151 cm³/mol. The van der Waals surface area contributed by atoms with Crippen LogP contribution in [0.4, 0.5) is 8.78 Å². The van der Waals surface area contributed by atoms with Gasteiger partial charge in [-0.25, -0.2) is 23.5 Å². The van der Waals surface area contributed by atoms with E-state index >= 15 is 0 Å². The Labute approximate surface area is 249 Å². The number of aliphatic imine (C=N–C) groups is 1. The van der Waals surface area contributed by atoms with Crippen LogP contribution < -0.4 is 5.32 Å². The normalized spacial score (nSPS) is 21.1. The number of carboxylic acids is 1. The number of carbonyl (C=O) groups is 2. The van der Waals surface area contributed by atoms with Crippen molar-refractivity contribution in [3.05, 3.63) is 80.1 Å². The molecule has 0 bridgehead atoms. The Kier molecular flexibility index (Phi) is 8.47. The van der Waals surface area contributed by atoms with Crippen molar-refractivity contribution in [3.63, 3.8) is 0 Å². The maximum absolute atomic E-state index is 14.6. The zero-order valence-electron chi connectivity index (χ0n) is 23.1. The summed E-state index contributed by atoms with van der Waals surface area (Å²) in [6.45, 7) is 4.93. The molecule has 1 saturated carbocycles. The number of oxazole rings is 1. The Balaban J connectivity index is 1.50. The number of halogens is 3. The Morgan fingerprint density at radius 1 is 1.21 bits per heavy atom. The molecule has 1 aromatic carbocycles.